The molecule has 17 heavy (non-hydrogen) atoms. The molecular weight excluding hydrogens is 226 g/mol. The van der Waals surface area contributed by atoms with E-state index in [2.05, 4.69) is 16.0 Å². The van der Waals surface area contributed by atoms with Crippen LogP contribution in [0.1, 0.15) is 20.8 Å². The van der Waals surface area contributed by atoms with E-state index < -0.39 is 17.4 Å². The molecule has 0 saturated heterocycles. The van der Waals surface area contributed by atoms with Gasteiger partial charge in [0.2, 0.25) is 5.91 Å². The van der Waals surface area contributed by atoms with E-state index >= 15 is 0 Å². The van der Waals surface area contributed by atoms with E-state index in [4.69, 9.17) is 5.11 Å². The van der Waals surface area contributed by atoms with Crippen LogP contribution in [0.5, 0.6) is 0 Å². The van der Waals surface area contributed by atoms with Crippen LogP contribution < -0.4 is 16.0 Å². The van der Waals surface area contributed by atoms with Crippen molar-refractivity contribution >= 4 is 17.7 Å². The molecular formula is C10H19N3O4. The highest BCUT2D eigenvalue weighted by Crippen LogP contribution is 1.98. The zero-order valence-corrected chi connectivity index (χ0v) is 10.3. The van der Waals surface area contributed by atoms with Gasteiger partial charge < -0.3 is 21.1 Å². The van der Waals surface area contributed by atoms with Crippen LogP contribution in [0.4, 0.5) is 0 Å². The Bertz CT molecular complexity index is 302. The third-order valence-electron chi connectivity index (χ3n) is 1.84. The van der Waals surface area contributed by atoms with Gasteiger partial charge in [0.15, 0.2) is 0 Å². The van der Waals surface area contributed by atoms with E-state index in [1.54, 1.807) is 13.8 Å². The Balaban J connectivity index is 3.91. The van der Waals surface area contributed by atoms with Gasteiger partial charge in [0, 0.05) is 20.0 Å². The van der Waals surface area contributed by atoms with Crippen LogP contribution in [0, 0.1) is 0 Å². The highest BCUT2D eigenvalue weighted by molar-refractivity contribution is 6.35. The fourth-order valence-electron chi connectivity index (χ4n) is 0.898. The summed E-state index contributed by atoms with van der Waals surface area (Å²) in [6, 6.07) is 0. The molecule has 0 aromatic rings. The van der Waals surface area contributed by atoms with Crippen molar-refractivity contribution in [2.45, 2.75) is 26.3 Å². The van der Waals surface area contributed by atoms with Gasteiger partial charge >= 0.3 is 11.8 Å². The fraction of sp³-hybridized carbons (Fsp3) is 0.700. The second-order valence-corrected chi connectivity index (χ2v) is 4.23. The molecule has 0 radical (unpaired) electrons. The number of carbonyl (C=O) groups excluding carboxylic acids is 3. The molecule has 0 bridgehead atoms. The predicted octanol–water partition coefficient (Wildman–Crippen LogP) is -1.87. The first-order valence-electron chi connectivity index (χ1n) is 5.24. The van der Waals surface area contributed by atoms with Crippen LogP contribution in [0.3, 0.4) is 0 Å². The van der Waals surface area contributed by atoms with Crippen LogP contribution in [0.25, 0.3) is 0 Å². The smallest absolute Gasteiger partial charge is 0.309 e. The number of carbonyl (C=O) groups is 3. The molecule has 0 aliphatic carbocycles. The van der Waals surface area contributed by atoms with Gasteiger partial charge in [-0.15, -0.1) is 0 Å². The Hall–Kier alpha value is -1.63. The van der Waals surface area contributed by atoms with Crippen molar-refractivity contribution in [3.8, 4) is 0 Å². The Kier molecular flexibility index (Phi) is 6.19. The summed E-state index contributed by atoms with van der Waals surface area (Å²) in [6.07, 6.45) is 0. The van der Waals surface area contributed by atoms with Crippen LogP contribution >= 0.6 is 0 Å². The summed E-state index contributed by atoms with van der Waals surface area (Å²) in [5.74, 6) is -1.81. The van der Waals surface area contributed by atoms with E-state index in [9.17, 15) is 14.4 Å². The molecule has 0 saturated carbocycles. The maximum Gasteiger partial charge on any atom is 0.309 e. The minimum absolute atomic E-state index is 0.172. The molecule has 4 N–H and O–H groups in total. The van der Waals surface area contributed by atoms with Gasteiger partial charge in [-0.3, -0.25) is 14.4 Å². The molecule has 0 unspecified atom stereocenters. The molecule has 0 aliphatic heterocycles. The summed E-state index contributed by atoms with van der Waals surface area (Å²) < 4.78 is 0. The van der Waals surface area contributed by atoms with E-state index in [0.717, 1.165) is 0 Å². The third-order valence-corrected chi connectivity index (χ3v) is 1.84. The lowest BCUT2D eigenvalue weighted by molar-refractivity contribution is -0.140. The molecule has 7 nitrogen and oxygen atoms in total. The lowest BCUT2D eigenvalue weighted by Crippen LogP contribution is -2.52. The first-order chi connectivity index (χ1) is 7.78. The van der Waals surface area contributed by atoms with Crippen molar-refractivity contribution in [3.05, 3.63) is 0 Å². The summed E-state index contributed by atoms with van der Waals surface area (Å²) in [4.78, 5) is 33.1. The maximum atomic E-state index is 11.3. The van der Waals surface area contributed by atoms with Crippen molar-refractivity contribution in [3.63, 3.8) is 0 Å². The minimum Gasteiger partial charge on any atom is -0.394 e. The first-order valence-corrected chi connectivity index (χ1v) is 5.24. The van der Waals surface area contributed by atoms with Crippen molar-refractivity contribution in [1.82, 2.24) is 16.0 Å². The molecule has 0 fully saturated rings. The van der Waals surface area contributed by atoms with Gasteiger partial charge in [0.1, 0.15) is 0 Å². The number of aliphatic hydroxyl groups excluding tert-OH is 1. The molecule has 3 amide bonds. The zero-order chi connectivity index (χ0) is 13.5. The third kappa shape index (κ3) is 7.29. The van der Waals surface area contributed by atoms with Crippen molar-refractivity contribution in [2.24, 2.45) is 0 Å². The molecule has 0 spiro atoms. The topological polar surface area (TPSA) is 108 Å². The largest absolute Gasteiger partial charge is 0.394 e. The summed E-state index contributed by atoms with van der Waals surface area (Å²) >= 11 is 0. The number of rotatable bonds is 5. The molecule has 0 aromatic carbocycles. The number of aliphatic hydroxyl groups is 1. The number of amides is 3. The van der Waals surface area contributed by atoms with Gasteiger partial charge in [-0.05, 0) is 13.8 Å². The maximum absolute atomic E-state index is 11.3. The molecule has 0 rings (SSSR count). The summed E-state index contributed by atoms with van der Waals surface area (Å²) in [5, 5.41) is 16.1. The molecule has 0 heterocycles. The van der Waals surface area contributed by atoms with Crippen molar-refractivity contribution in [2.75, 3.05) is 19.7 Å². The quantitative estimate of drug-likeness (QED) is 0.336. The molecule has 98 valence electrons. The summed E-state index contributed by atoms with van der Waals surface area (Å²) in [5.41, 5.74) is -0.841. The molecule has 0 atom stereocenters. The van der Waals surface area contributed by atoms with Crippen LogP contribution in [0.15, 0.2) is 0 Å². The molecule has 0 aromatic heterocycles. The average molecular weight is 245 g/mol. The number of hydrogen-bond acceptors (Lipinski definition) is 4. The lowest BCUT2D eigenvalue weighted by atomic mass is 10.1. The fourth-order valence-corrected chi connectivity index (χ4v) is 0.898. The van der Waals surface area contributed by atoms with E-state index in [-0.39, 0.29) is 25.6 Å². The monoisotopic (exact) mass is 245 g/mol. The average Bonchev–Trinajstić information content (AvgIpc) is 2.23. The minimum atomic E-state index is -0.841. The van der Waals surface area contributed by atoms with E-state index in [1.807, 2.05) is 0 Å². The van der Waals surface area contributed by atoms with Gasteiger partial charge in [0.05, 0.1) is 12.1 Å². The van der Waals surface area contributed by atoms with Gasteiger partial charge in [-0.1, -0.05) is 0 Å². The first kappa shape index (κ1) is 15.4. The van der Waals surface area contributed by atoms with Crippen LogP contribution in [0.2, 0.25) is 0 Å². The Labute approximate surface area is 100.0 Å². The Morgan fingerprint density at radius 3 is 2.06 bits per heavy atom. The second kappa shape index (κ2) is 6.85. The highest BCUT2D eigenvalue weighted by Gasteiger charge is 2.23. The summed E-state index contributed by atoms with van der Waals surface area (Å²) in [7, 11) is 0. The Morgan fingerprint density at radius 2 is 1.59 bits per heavy atom. The molecule has 0 aliphatic rings. The van der Waals surface area contributed by atoms with E-state index in [0.29, 0.717) is 0 Å². The van der Waals surface area contributed by atoms with Gasteiger partial charge in [-0.25, -0.2) is 0 Å². The second-order valence-electron chi connectivity index (χ2n) is 4.23. The predicted molar refractivity (Wildman–Crippen MR) is 61.0 cm³/mol. The standard InChI is InChI=1S/C10H19N3O4/c1-7(15)11-4-5-12-8(16)9(17)13-10(2,3)6-14/h14H,4-6H2,1-3H3,(H,11,15)(H,12,16)(H,13,17). The zero-order valence-electron chi connectivity index (χ0n) is 10.3. The SMILES string of the molecule is CC(=O)NCCNC(=O)C(=O)NC(C)(C)CO. The molecule has 7 heteroatoms. The Morgan fingerprint density at radius 1 is 1.06 bits per heavy atom. The van der Waals surface area contributed by atoms with Gasteiger partial charge in [0.25, 0.3) is 0 Å². The normalized spacial score (nSPS) is 10.6. The van der Waals surface area contributed by atoms with Gasteiger partial charge in [-0.2, -0.15) is 0 Å². The number of nitrogens with one attached hydrogen (secondary N) is 3. The highest BCUT2D eigenvalue weighted by atomic mass is 16.3. The van der Waals surface area contributed by atoms with Crippen LogP contribution in [-0.2, 0) is 14.4 Å². The van der Waals surface area contributed by atoms with Crippen LogP contribution in [-0.4, -0.2) is 48.1 Å². The van der Waals surface area contributed by atoms with E-state index in [1.165, 1.54) is 6.92 Å². The lowest BCUT2D eigenvalue weighted by Gasteiger charge is -2.22. The van der Waals surface area contributed by atoms with Crippen molar-refractivity contribution < 1.29 is 19.5 Å². The summed E-state index contributed by atoms with van der Waals surface area (Å²) in [6.45, 7) is 4.71. The van der Waals surface area contributed by atoms with Crippen molar-refractivity contribution in [1.29, 1.82) is 0 Å². The number of hydrogen-bond donors (Lipinski definition) is 4.